The molecule has 3 aromatic carbocycles. The standard InChI is InChI=1S/C25H26N2O2/c1-17-24(19-10-4-3-5-11-19)27(25(28)26(17)2)23-16-15-22(29-23)21-14-8-12-18-9-6-7-13-20(18)21/h3-14,17,22-24H,15-16H2,1-2H3/t17-,22+,23+,24-/m0/s1. The second-order valence-corrected chi connectivity index (χ2v) is 8.12. The maximum Gasteiger partial charge on any atom is 0.322 e. The number of carbonyl (C=O) groups is 1. The molecule has 2 amide bonds. The molecular weight excluding hydrogens is 360 g/mol. The van der Waals surface area contributed by atoms with Gasteiger partial charge in [0.05, 0.1) is 18.2 Å². The van der Waals surface area contributed by atoms with Crippen LogP contribution in [0, 0.1) is 0 Å². The van der Waals surface area contributed by atoms with Crippen LogP contribution in [0.25, 0.3) is 10.8 Å². The number of nitrogens with zero attached hydrogens (tertiary/aromatic N) is 2. The average molecular weight is 386 g/mol. The Kier molecular flexibility index (Phi) is 4.51. The van der Waals surface area contributed by atoms with Gasteiger partial charge in [-0.2, -0.15) is 0 Å². The molecule has 0 saturated carbocycles. The molecule has 29 heavy (non-hydrogen) atoms. The van der Waals surface area contributed by atoms with Gasteiger partial charge in [-0.3, -0.25) is 4.90 Å². The van der Waals surface area contributed by atoms with Crippen LogP contribution in [0.4, 0.5) is 4.79 Å². The van der Waals surface area contributed by atoms with Crippen LogP contribution < -0.4 is 0 Å². The van der Waals surface area contributed by atoms with E-state index in [1.165, 1.54) is 16.3 Å². The molecule has 2 aliphatic rings. The Morgan fingerprint density at radius 3 is 2.45 bits per heavy atom. The van der Waals surface area contributed by atoms with Gasteiger partial charge in [0.25, 0.3) is 0 Å². The Labute approximate surface area is 171 Å². The van der Waals surface area contributed by atoms with E-state index in [2.05, 4.69) is 61.5 Å². The smallest absolute Gasteiger partial charge is 0.322 e. The van der Waals surface area contributed by atoms with Gasteiger partial charge in [-0.1, -0.05) is 72.8 Å². The van der Waals surface area contributed by atoms with Crippen LogP contribution in [0.1, 0.15) is 43.0 Å². The van der Waals surface area contributed by atoms with Crippen molar-refractivity contribution in [3.05, 3.63) is 83.9 Å². The summed E-state index contributed by atoms with van der Waals surface area (Å²) in [6.07, 6.45) is 1.58. The number of carbonyl (C=O) groups excluding carboxylic acids is 1. The number of benzene rings is 3. The van der Waals surface area contributed by atoms with Crippen molar-refractivity contribution in [1.82, 2.24) is 9.80 Å². The first-order valence-electron chi connectivity index (χ1n) is 10.4. The second-order valence-electron chi connectivity index (χ2n) is 8.12. The Morgan fingerprint density at radius 2 is 1.62 bits per heavy atom. The Balaban J connectivity index is 1.46. The molecule has 2 saturated heterocycles. The molecule has 0 aromatic heterocycles. The van der Waals surface area contributed by atoms with E-state index in [0.29, 0.717) is 0 Å². The minimum atomic E-state index is -0.205. The van der Waals surface area contributed by atoms with Crippen LogP contribution in [0.2, 0.25) is 0 Å². The monoisotopic (exact) mass is 386 g/mol. The third-order valence-electron chi connectivity index (χ3n) is 6.51. The highest BCUT2D eigenvalue weighted by Gasteiger charge is 2.48. The lowest BCUT2D eigenvalue weighted by molar-refractivity contribution is -0.0434. The van der Waals surface area contributed by atoms with E-state index in [1.54, 1.807) is 0 Å². The number of amides is 2. The topological polar surface area (TPSA) is 32.8 Å². The summed E-state index contributed by atoms with van der Waals surface area (Å²) in [4.78, 5) is 16.9. The van der Waals surface area contributed by atoms with Crippen LogP contribution >= 0.6 is 0 Å². The molecule has 148 valence electrons. The highest BCUT2D eigenvalue weighted by molar-refractivity contribution is 5.86. The van der Waals surface area contributed by atoms with Crippen LogP contribution in [0.15, 0.2) is 72.8 Å². The molecule has 3 aromatic rings. The van der Waals surface area contributed by atoms with Gasteiger partial charge in [-0.15, -0.1) is 0 Å². The van der Waals surface area contributed by atoms with Gasteiger partial charge in [-0.05, 0) is 41.7 Å². The zero-order valence-electron chi connectivity index (χ0n) is 16.9. The first-order chi connectivity index (χ1) is 14.1. The van der Waals surface area contributed by atoms with Crippen molar-refractivity contribution in [2.45, 2.75) is 44.2 Å². The van der Waals surface area contributed by atoms with Crippen LogP contribution in [-0.2, 0) is 4.74 Å². The number of ether oxygens (including phenoxy) is 1. The summed E-state index contributed by atoms with van der Waals surface area (Å²) in [5, 5.41) is 2.46. The van der Waals surface area contributed by atoms with Crippen molar-refractivity contribution < 1.29 is 9.53 Å². The molecule has 4 nitrogen and oxygen atoms in total. The van der Waals surface area contributed by atoms with Crippen LogP contribution in [0.3, 0.4) is 0 Å². The highest BCUT2D eigenvalue weighted by atomic mass is 16.5. The van der Waals surface area contributed by atoms with Crippen molar-refractivity contribution in [2.24, 2.45) is 0 Å². The Hall–Kier alpha value is -2.85. The first kappa shape index (κ1) is 18.2. The molecule has 4 heteroatoms. The van der Waals surface area contributed by atoms with E-state index in [1.807, 2.05) is 35.0 Å². The van der Waals surface area contributed by atoms with Gasteiger partial charge < -0.3 is 9.64 Å². The predicted octanol–water partition coefficient (Wildman–Crippen LogP) is 5.51. The molecule has 2 heterocycles. The quantitative estimate of drug-likeness (QED) is 0.594. The normalized spacial score (nSPS) is 27.2. The molecule has 2 aliphatic heterocycles. The summed E-state index contributed by atoms with van der Waals surface area (Å²) in [5.74, 6) is 0. The molecular formula is C25H26N2O2. The highest BCUT2D eigenvalue weighted by Crippen LogP contribution is 2.43. The molecule has 4 atom stereocenters. The number of hydrogen-bond acceptors (Lipinski definition) is 2. The maximum atomic E-state index is 13.1. The third kappa shape index (κ3) is 2.99. The minimum Gasteiger partial charge on any atom is -0.350 e. The number of fused-ring (bicyclic) bond motifs is 1. The summed E-state index contributed by atoms with van der Waals surface area (Å²) in [6, 6.07) is 25.3. The Bertz CT molecular complexity index is 1030. The number of rotatable bonds is 3. The maximum absolute atomic E-state index is 13.1. The lowest BCUT2D eigenvalue weighted by Crippen LogP contribution is -2.39. The lowest BCUT2D eigenvalue weighted by atomic mass is 9.98. The van der Waals surface area contributed by atoms with Crippen molar-refractivity contribution >= 4 is 16.8 Å². The van der Waals surface area contributed by atoms with E-state index < -0.39 is 0 Å². The largest absolute Gasteiger partial charge is 0.350 e. The van der Waals surface area contributed by atoms with Crippen LogP contribution in [-0.4, -0.2) is 35.1 Å². The lowest BCUT2D eigenvalue weighted by Gasteiger charge is -2.31. The SMILES string of the molecule is C[C@H]1[C@@H](c2ccccc2)N([C@H]2CC[C@H](c3cccc4ccccc34)O2)C(=O)N1C. The fourth-order valence-electron chi connectivity index (χ4n) is 4.90. The summed E-state index contributed by atoms with van der Waals surface area (Å²) in [5.41, 5.74) is 2.38. The van der Waals surface area contributed by atoms with Gasteiger partial charge in [0.15, 0.2) is 0 Å². The third-order valence-corrected chi connectivity index (χ3v) is 6.51. The molecule has 2 fully saturated rings. The van der Waals surface area contributed by atoms with Gasteiger partial charge in [-0.25, -0.2) is 4.79 Å². The molecule has 0 bridgehead atoms. The fraction of sp³-hybridized carbons (Fsp3) is 0.320. The van der Waals surface area contributed by atoms with Crippen molar-refractivity contribution in [3.8, 4) is 0 Å². The molecule has 5 rings (SSSR count). The van der Waals surface area contributed by atoms with Gasteiger partial charge in [0, 0.05) is 7.05 Å². The van der Waals surface area contributed by atoms with Gasteiger partial charge in [0.1, 0.15) is 6.23 Å². The van der Waals surface area contributed by atoms with Gasteiger partial charge in [0.2, 0.25) is 0 Å². The molecule has 0 spiro atoms. The first-order valence-corrected chi connectivity index (χ1v) is 10.4. The zero-order chi connectivity index (χ0) is 20.0. The summed E-state index contributed by atoms with van der Waals surface area (Å²) < 4.78 is 6.54. The summed E-state index contributed by atoms with van der Waals surface area (Å²) in [6.45, 7) is 2.12. The predicted molar refractivity (Wildman–Crippen MR) is 114 cm³/mol. The van der Waals surface area contributed by atoms with Gasteiger partial charge >= 0.3 is 6.03 Å². The van der Waals surface area contributed by atoms with E-state index in [4.69, 9.17) is 4.74 Å². The number of hydrogen-bond donors (Lipinski definition) is 0. The van der Waals surface area contributed by atoms with E-state index in [-0.39, 0.29) is 30.4 Å². The van der Waals surface area contributed by atoms with Crippen molar-refractivity contribution in [3.63, 3.8) is 0 Å². The average Bonchev–Trinajstić information content (AvgIpc) is 3.33. The second kappa shape index (κ2) is 7.20. The molecule has 0 unspecified atom stereocenters. The number of urea groups is 1. The van der Waals surface area contributed by atoms with E-state index in [9.17, 15) is 4.79 Å². The number of likely N-dealkylation sites (N-methyl/N-ethyl adjacent to an activating group) is 1. The zero-order valence-corrected chi connectivity index (χ0v) is 16.9. The van der Waals surface area contributed by atoms with Crippen molar-refractivity contribution in [2.75, 3.05) is 7.05 Å². The molecule has 0 aliphatic carbocycles. The Morgan fingerprint density at radius 1 is 0.897 bits per heavy atom. The summed E-state index contributed by atoms with van der Waals surface area (Å²) in [7, 11) is 1.89. The van der Waals surface area contributed by atoms with E-state index in [0.717, 1.165) is 18.4 Å². The fourth-order valence-corrected chi connectivity index (χ4v) is 4.90. The summed E-state index contributed by atoms with van der Waals surface area (Å²) >= 11 is 0. The minimum absolute atomic E-state index is 0.00460. The molecule has 0 radical (unpaired) electrons. The van der Waals surface area contributed by atoms with Crippen molar-refractivity contribution in [1.29, 1.82) is 0 Å². The van der Waals surface area contributed by atoms with E-state index >= 15 is 0 Å². The molecule has 0 N–H and O–H groups in total. The van der Waals surface area contributed by atoms with Crippen LogP contribution in [0.5, 0.6) is 0 Å².